The lowest BCUT2D eigenvalue weighted by Crippen LogP contribution is -2.48. The molecule has 2 heterocycles. The van der Waals surface area contributed by atoms with Crippen molar-refractivity contribution < 1.29 is 9.90 Å². The van der Waals surface area contributed by atoms with Gasteiger partial charge >= 0.3 is 5.97 Å². The van der Waals surface area contributed by atoms with Crippen LogP contribution in [0.4, 0.5) is 5.95 Å². The third-order valence-electron chi connectivity index (χ3n) is 2.44. The zero-order valence-electron chi connectivity index (χ0n) is 8.96. The van der Waals surface area contributed by atoms with Crippen molar-refractivity contribution in [3.05, 3.63) is 18.0 Å². The Morgan fingerprint density at radius 1 is 1.56 bits per heavy atom. The molecular formula is C10H13N3O2S. The van der Waals surface area contributed by atoms with E-state index in [4.69, 9.17) is 5.11 Å². The summed E-state index contributed by atoms with van der Waals surface area (Å²) in [6, 6.07) is -0.513. The Labute approximate surface area is 97.9 Å². The first kappa shape index (κ1) is 11.2. The van der Waals surface area contributed by atoms with Crippen LogP contribution < -0.4 is 4.90 Å². The molecule has 0 amide bonds. The molecule has 1 atom stereocenters. The summed E-state index contributed by atoms with van der Waals surface area (Å²) in [4.78, 5) is 21.2. The van der Waals surface area contributed by atoms with Crippen molar-refractivity contribution in [2.75, 3.05) is 23.0 Å². The van der Waals surface area contributed by atoms with Crippen LogP contribution in [0.3, 0.4) is 0 Å². The van der Waals surface area contributed by atoms with E-state index < -0.39 is 12.0 Å². The highest BCUT2D eigenvalue weighted by molar-refractivity contribution is 7.99. The molecule has 1 unspecified atom stereocenters. The Morgan fingerprint density at radius 3 is 2.88 bits per heavy atom. The normalized spacial score (nSPS) is 20.8. The van der Waals surface area contributed by atoms with E-state index >= 15 is 0 Å². The molecule has 1 N–H and O–H groups in total. The fourth-order valence-electron chi connectivity index (χ4n) is 1.58. The summed E-state index contributed by atoms with van der Waals surface area (Å²) in [7, 11) is 0. The van der Waals surface area contributed by atoms with Gasteiger partial charge in [0.15, 0.2) is 0 Å². The summed E-state index contributed by atoms with van der Waals surface area (Å²) < 4.78 is 0. The van der Waals surface area contributed by atoms with Gasteiger partial charge < -0.3 is 10.0 Å². The monoisotopic (exact) mass is 239 g/mol. The van der Waals surface area contributed by atoms with Gasteiger partial charge in [0.2, 0.25) is 5.95 Å². The number of carboxylic acid groups (broad SMARTS) is 1. The molecule has 2 rings (SSSR count). The van der Waals surface area contributed by atoms with Crippen molar-refractivity contribution in [2.24, 2.45) is 0 Å². The van der Waals surface area contributed by atoms with Gasteiger partial charge in [-0.15, -0.1) is 0 Å². The van der Waals surface area contributed by atoms with Gasteiger partial charge in [-0.05, 0) is 12.5 Å². The maximum Gasteiger partial charge on any atom is 0.327 e. The molecule has 5 nitrogen and oxygen atoms in total. The van der Waals surface area contributed by atoms with Gasteiger partial charge in [0, 0.05) is 30.4 Å². The quantitative estimate of drug-likeness (QED) is 0.823. The lowest BCUT2D eigenvalue weighted by Gasteiger charge is -2.32. The standard InChI is InChI=1S/C10H13N3O2S/c1-7-4-11-10(12-5-7)13-2-3-16-6-8(13)9(14)15/h4-5,8H,2-3,6H2,1H3,(H,14,15). The van der Waals surface area contributed by atoms with Crippen molar-refractivity contribution in [1.82, 2.24) is 9.97 Å². The summed E-state index contributed by atoms with van der Waals surface area (Å²) in [5.41, 5.74) is 0.974. The second-order valence-corrected chi connectivity index (χ2v) is 4.83. The summed E-state index contributed by atoms with van der Waals surface area (Å²) >= 11 is 1.65. The van der Waals surface area contributed by atoms with Crippen LogP contribution in [0.1, 0.15) is 5.56 Å². The van der Waals surface area contributed by atoms with Crippen LogP contribution in [0, 0.1) is 6.92 Å². The maximum atomic E-state index is 11.1. The Morgan fingerprint density at radius 2 is 2.25 bits per heavy atom. The Balaban J connectivity index is 2.23. The number of aliphatic carboxylic acids is 1. The summed E-state index contributed by atoms with van der Waals surface area (Å²) in [6.07, 6.45) is 3.42. The van der Waals surface area contributed by atoms with Crippen molar-refractivity contribution in [3.8, 4) is 0 Å². The highest BCUT2D eigenvalue weighted by Crippen LogP contribution is 2.20. The summed E-state index contributed by atoms with van der Waals surface area (Å²) in [6.45, 7) is 2.59. The molecule has 1 fully saturated rings. The van der Waals surface area contributed by atoms with E-state index in [0.29, 0.717) is 18.2 Å². The topological polar surface area (TPSA) is 66.3 Å². The Kier molecular flexibility index (Phi) is 3.28. The maximum absolute atomic E-state index is 11.1. The number of anilines is 1. The molecule has 0 spiro atoms. The van der Waals surface area contributed by atoms with E-state index in [0.717, 1.165) is 11.3 Å². The number of aromatic nitrogens is 2. The molecule has 86 valence electrons. The van der Waals surface area contributed by atoms with E-state index in [1.54, 1.807) is 29.1 Å². The molecule has 1 aromatic rings. The zero-order valence-corrected chi connectivity index (χ0v) is 9.78. The Hall–Kier alpha value is -1.30. The van der Waals surface area contributed by atoms with Crippen LogP contribution in [-0.4, -0.2) is 45.1 Å². The van der Waals surface area contributed by atoms with Crippen molar-refractivity contribution in [1.29, 1.82) is 0 Å². The van der Waals surface area contributed by atoms with E-state index in [-0.39, 0.29) is 0 Å². The molecule has 1 aromatic heterocycles. The van der Waals surface area contributed by atoms with E-state index in [2.05, 4.69) is 9.97 Å². The van der Waals surface area contributed by atoms with Crippen molar-refractivity contribution >= 4 is 23.7 Å². The van der Waals surface area contributed by atoms with Crippen LogP contribution in [0.15, 0.2) is 12.4 Å². The molecule has 1 aliphatic rings. The minimum atomic E-state index is -0.809. The number of hydrogen-bond acceptors (Lipinski definition) is 5. The molecular weight excluding hydrogens is 226 g/mol. The molecule has 1 saturated heterocycles. The van der Waals surface area contributed by atoms with Crippen molar-refractivity contribution in [3.63, 3.8) is 0 Å². The van der Waals surface area contributed by atoms with Crippen LogP contribution in [0.5, 0.6) is 0 Å². The smallest absolute Gasteiger partial charge is 0.327 e. The van der Waals surface area contributed by atoms with Gasteiger partial charge in [-0.2, -0.15) is 11.8 Å². The lowest BCUT2D eigenvalue weighted by atomic mass is 10.3. The summed E-state index contributed by atoms with van der Waals surface area (Å²) in [5, 5.41) is 9.11. The lowest BCUT2D eigenvalue weighted by molar-refractivity contribution is -0.138. The number of rotatable bonds is 2. The molecule has 0 bridgehead atoms. The average Bonchev–Trinajstić information content (AvgIpc) is 2.30. The molecule has 0 saturated carbocycles. The van der Waals surface area contributed by atoms with Gasteiger partial charge in [-0.3, -0.25) is 0 Å². The summed E-state index contributed by atoms with van der Waals surface area (Å²) in [5.74, 6) is 1.21. The molecule has 0 aromatic carbocycles. The second kappa shape index (κ2) is 4.69. The van der Waals surface area contributed by atoms with Gasteiger partial charge in [0.05, 0.1) is 0 Å². The number of carbonyl (C=O) groups is 1. The predicted octanol–water partition coefficient (Wildman–Crippen LogP) is 0.791. The number of aryl methyl sites for hydroxylation is 1. The highest BCUT2D eigenvalue weighted by atomic mass is 32.2. The zero-order chi connectivity index (χ0) is 11.5. The fourth-order valence-corrected chi connectivity index (χ4v) is 2.62. The third kappa shape index (κ3) is 2.27. The van der Waals surface area contributed by atoms with Crippen molar-refractivity contribution in [2.45, 2.75) is 13.0 Å². The second-order valence-electron chi connectivity index (χ2n) is 3.68. The molecule has 6 heteroatoms. The Bertz CT molecular complexity index is 382. The van der Waals surface area contributed by atoms with Gasteiger partial charge in [-0.1, -0.05) is 0 Å². The minimum Gasteiger partial charge on any atom is -0.480 e. The largest absolute Gasteiger partial charge is 0.480 e. The predicted molar refractivity (Wildman–Crippen MR) is 62.9 cm³/mol. The first-order chi connectivity index (χ1) is 7.68. The SMILES string of the molecule is Cc1cnc(N2CCSCC2C(=O)O)nc1. The van der Waals surface area contributed by atoms with Gasteiger partial charge in [0.1, 0.15) is 6.04 Å². The van der Waals surface area contributed by atoms with Gasteiger partial charge in [-0.25, -0.2) is 14.8 Å². The van der Waals surface area contributed by atoms with E-state index in [1.165, 1.54) is 0 Å². The number of hydrogen-bond donors (Lipinski definition) is 1. The molecule has 0 aliphatic carbocycles. The highest BCUT2D eigenvalue weighted by Gasteiger charge is 2.30. The molecule has 0 radical (unpaired) electrons. The minimum absolute atomic E-state index is 0.512. The third-order valence-corrected chi connectivity index (χ3v) is 3.46. The van der Waals surface area contributed by atoms with Crippen LogP contribution in [0.2, 0.25) is 0 Å². The fraction of sp³-hybridized carbons (Fsp3) is 0.500. The first-order valence-corrected chi connectivity index (χ1v) is 6.20. The van der Waals surface area contributed by atoms with Gasteiger partial charge in [0.25, 0.3) is 0 Å². The molecule has 16 heavy (non-hydrogen) atoms. The number of nitrogens with zero attached hydrogens (tertiary/aromatic N) is 3. The van der Waals surface area contributed by atoms with Crippen LogP contribution in [0.25, 0.3) is 0 Å². The number of thioether (sulfide) groups is 1. The first-order valence-electron chi connectivity index (χ1n) is 5.04. The van der Waals surface area contributed by atoms with Crippen LogP contribution >= 0.6 is 11.8 Å². The van der Waals surface area contributed by atoms with E-state index in [9.17, 15) is 4.79 Å². The van der Waals surface area contributed by atoms with E-state index in [1.807, 2.05) is 6.92 Å². The average molecular weight is 239 g/mol. The molecule has 1 aliphatic heterocycles. The van der Waals surface area contributed by atoms with Crippen LogP contribution in [-0.2, 0) is 4.79 Å². The number of carboxylic acids is 1.